The molecule has 0 atom stereocenters. The van der Waals surface area contributed by atoms with E-state index in [-0.39, 0.29) is 17.9 Å². The molecule has 0 fully saturated rings. The number of hydrogen-bond acceptors (Lipinski definition) is 5. The van der Waals surface area contributed by atoms with Gasteiger partial charge in [-0.25, -0.2) is 0 Å². The van der Waals surface area contributed by atoms with Crippen LogP contribution in [0.25, 0.3) is 0 Å². The lowest BCUT2D eigenvalue weighted by Gasteiger charge is -2.13. The predicted molar refractivity (Wildman–Crippen MR) is 96.3 cm³/mol. The topological polar surface area (TPSA) is 79.6 Å². The van der Waals surface area contributed by atoms with Gasteiger partial charge in [-0.05, 0) is 37.6 Å². The Hall–Kier alpha value is -2.39. The van der Waals surface area contributed by atoms with E-state index in [1.54, 1.807) is 37.3 Å². The van der Waals surface area contributed by atoms with Crippen molar-refractivity contribution in [3.63, 3.8) is 0 Å². The molecule has 0 bridgehead atoms. The number of oxime groups is 1. The fourth-order valence-corrected chi connectivity index (χ4v) is 2.17. The summed E-state index contributed by atoms with van der Waals surface area (Å²) < 4.78 is 62.1. The molecule has 2 rings (SSSR count). The standard InChI is InChI=1S/C17H15ClF3NO.HNO2S/c1-11-3-8-15(16(9-11)17(19,20)21)12(2)22-23-10-13-4-6-14(18)7-5-13;1-4(2)3/h3-9H,10H2,1-2H3;1H/b22-12+;. The Balaban J connectivity index is 0.000000828. The molecule has 27 heavy (non-hydrogen) atoms. The van der Waals surface area contributed by atoms with E-state index in [4.69, 9.17) is 29.6 Å². The van der Waals surface area contributed by atoms with Gasteiger partial charge in [0.05, 0.1) is 11.3 Å². The van der Waals surface area contributed by atoms with Crippen LogP contribution in [0.4, 0.5) is 13.2 Å². The highest BCUT2D eigenvalue weighted by molar-refractivity contribution is 7.60. The molecule has 2 aromatic carbocycles. The number of hydrogen-bond donors (Lipinski definition) is 1. The zero-order valence-electron chi connectivity index (χ0n) is 14.3. The van der Waals surface area contributed by atoms with Gasteiger partial charge in [0, 0.05) is 10.6 Å². The lowest BCUT2D eigenvalue weighted by Crippen LogP contribution is -2.12. The number of aryl methyl sites for hydroxylation is 1. The lowest BCUT2D eigenvalue weighted by molar-refractivity contribution is -0.137. The van der Waals surface area contributed by atoms with Crippen LogP contribution in [0.2, 0.25) is 5.02 Å². The molecule has 0 radical (unpaired) electrons. The SMILES string of the molecule is C/C(=N\OCc1ccc(Cl)cc1)c1ccc(C)cc1C(F)(F)F.N=S(=O)=O. The summed E-state index contributed by atoms with van der Waals surface area (Å²) in [6.45, 7) is 3.26. The van der Waals surface area contributed by atoms with Crippen LogP contribution in [0.3, 0.4) is 0 Å². The van der Waals surface area contributed by atoms with E-state index in [0.29, 0.717) is 10.6 Å². The quantitative estimate of drug-likeness (QED) is 0.542. The van der Waals surface area contributed by atoms with Gasteiger partial charge in [-0.3, -0.25) is 0 Å². The molecule has 0 heterocycles. The van der Waals surface area contributed by atoms with Crippen LogP contribution in [0.1, 0.15) is 29.2 Å². The van der Waals surface area contributed by atoms with Crippen LogP contribution in [-0.2, 0) is 28.1 Å². The fraction of sp³-hybridized carbons (Fsp3) is 0.235. The first-order valence-corrected chi connectivity index (χ1v) is 8.85. The summed E-state index contributed by atoms with van der Waals surface area (Å²) in [5.74, 6) is 0. The third-order valence-electron chi connectivity index (χ3n) is 3.22. The van der Waals surface area contributed by atoms with E-state index in [1.165, 1.54) is 13.0 Å². The molecule has 0 aliphatic rings. The van der Waals surface area contributed by atoms with Gasteiger partial charge >= 0.3 is 16.7 Å². The van der Waals surface area contributed by atoms with Crippen LogP contribution in [0, 0.1) is 11.7 Å². The lowest BCUT2D eigenvalue weighted by atomic mass is 10.0. The Morgan fingerprint density at radius 1 is 1.19 bits per heavy atom. The first kappa shape index (κ1) is 22.7. The molecule has 2 aromatic rings. The molecule has 0 spiro atoms. The highest BCUT2D eigenvalue weighted by atomic mass is 35.5. The number of rotatable bonds is 4. The zero-order valence-corrected chi connectivity index (χ0v) is 15.9. The van der Waals surface area contributed by atoms with Crippen LogP contribution in [0.15, 0.2) is 47.6 Å². The maximum atomic E-state index is 13.1. The summed E-state index contributed by atoms with van der Waals surface area (Å²) in [6.07, 6.45) is -4.44. The molecule has 146 valence electrons. The van der Waals surface area contributed by atoms with Crippen molar-refractivity contribution in [1.82, 2.24) is 0 Å². The molecule has 0 aliphatic heterocycles. The van der Waals surface area contributed by atoms with Crippen molar-refractivity contribution in [1.29, 1.82) is 4.78 Å². The molecule has 0 amide bonds. The predicted octanol–water partition coefficient (Wildman–Crippen LogP) is 5.24. The normalized spacial score (nSPS) is 11.4. The Morgan fingerprint density at radius 2 is 1.74 bits per heavy atom. The van der Waals surface area contributed by atoms with Gasteiger partial charge in [-0.2, -0.15) is 26.4 Å². The molecule has 10 heteroatoms. The third kappa shape index (κ3) is 8.23. The molecular formula is C17H16ClF3N2O3S. The van der Waals surface area contributed by atoms with Crippen molar-refractivity contribution >= 4 is 27.8 Å². The maximum Gasteiger partial charge on any atom is 0.417 e. The van der Waals surface area contributed by atoms with Crippen LogP contribution >= 0.6 is 11.6 Å². The second kappa shape index (κ2) is 10.1. The number of alkyl halides is 3. The summed E-state index contributed by atoms with van der Waals surface area (Å²) in [5, 5.41) is 4.40. The van der Waals surface area contributed by atoms with Crippen molar-refractivity contribution in [2.45, 2.75) is 26.6 Å². The molecule has 0 aromatic heterocycles. The van der Waals surface area contributed by atoms with Crippen LogP contribution < -0.4 is 0 Å². The van der Waals surface area contributed by atoms with Crippen LogP contribution in [-0.4, -0.2) is 14.1 Å². The van der Waals surface area contributed by atoms with E-state index in [0.717, 1.165) is 11.6 Å². The minimum Gasteiger partial charge on any atom is -0.391 e. The number of nitrogens with zero attached hydrogens (tertiary/aromatic N) is 1. The molecule has 1 N–H and O–H groups in total. The Kier molecular flexibility index (Phi) is 8.45. The van der Waals surface area contributed by atoms with Gasteiger partial charge in [0.25, 0.3) is 0 Å². The highest BCUT2D eigenvalue weighted by Crippen LogP contribution is 2.33. The molecule has 0 saturated heterocycles. The Bertz CT molecular complexity index is 906. The first-order chi connectivity index (χ1) is 12.5. The van der Waals surface area contributed by atoms with E-state index in [9.17, 15) is 13.2 Å². The maximum absolute atomic E-state index is 13.1. The Labute approximate surface area is 160 Å². The molecular weight excluding hydrogens is 405 g/mol. The van der Waals surface area contributed by atoms with Gasteiger partial charge < -0.3 is 4.84 Å². The average molecular weight is 421 g/mol. The Morgan fingerprint density at radius 3 is 2.26 bits per heavy atom. The number of nitrogens with one attached hydrogen (secondary N) is 1. The summed E-state index contributed by atoms with van der Waals surface area (Å²) in [7, 11) is -2.61. The van der Waals surface area contributed by atoms with Crippen molar-refractivity contribution in [2.24, 2.45) is 5.16 Å². The van der Waals surface area contributed by atoms with E-state index < -0.39 is 22.2 Å². The smallest absolute Gasteiger partial charge is 0.391 e. The summed E-state index contributed by atoms with van der Waals surface area (Å²) >= 11 is 5.77. The first-order valence-electron chi connectivity index (χ1n) is 7.40. The largest absolute Gasteiger partial charge is 0.417 e. The highest BCUT2D eigenvalue weighted by Gasteiger charge is 2.34. The van der Waals surface area contributed by atoms with E-state index in [1.807, 2.05) is 0 Å². The van der Waals surface area contributed by atoms with Crippen molar-refractivity contribution in [3.8, 4) is 0 Å². The molecule has 0 unspecified atom stereocenters. The van der Waals surface area contributed by atoms with Crippen molar-refractivity contribution in [2.75, 3.05) is 0 Å². The van der Waals surface area contributed by atoms with Gasteiger partial charge in [0.1, 0.15) is 6.61 Å². The summed E-state index contributed by atoms with van der Waals surface area (Å²) in [5.41, 5.74) is 0.834. The monoisotopic (exact) mass is 420 g/mol. The third-order valence-corrected chi connectivity index (χ3v) is 3.47. The minimum absolute atomic E-state index is 0.0132. The van der Waals surface area contributed by atoms with Crippen molar-refractivity contribution < 1.29 is 26.4 Å². The van der Waals surface area contributed by atoms with E-state index >= 15 is 0 Å². The van der Waals surface area contributed by atoms with Gasteiger partial charge in [0.15, 0.2) is 0 Å². The summed E-state index contributed by atoms with van der Waals surface area (Å²) in [6, 6.07) is 11.1. The average Bonchev–Trinajstić information content (AvgIpc) is 2.55. The number of benzene rings is 2. The summed E-state index contributed by atoms with van der Waals surface area (Å²) in [4.78, 5) is 5.15. The minimum atomic E-state index is -4.44. The van der Waals surface area contributed by atoms with Gasteiger partial charge in [-0.1, -0.05) is 46.6 Å². The van der Waals surface area contributed by atoms with E-state index in [2.05, 4.69) is 5.16 Å². The van der Waals surface area contributed by atoms with Crippen molar-refractivity contribution in [3.05, 3.63) is 69.7 Å². The van der Waals surface area contributed by atoms with Crippen LogP contribution in [0.5, 0.6) is 0 Å². The molecule has 0 saturated carbocycles. The number of halogens is 4. The molecule has 5 nitrogen and oxygen atoms in total. The van der Waals surface area contributed by atoms with Gasteiger partial charge in [0.2, 0.25) is 0 Å². The van der Waals surface area contributed by atoms with Gasteiger partial charge in [-0.15, -0.1) is 0 Å². The second-order valence-corrected chi connectivity index (χ2v) is 6.26. The zero-order chi connectivity index (χ0) is 20.6. The molecule has 0 aliphatic carbocycles. The fourth-order valence-electron chi connectivity index (χ4n) is 2.04. The second-order valence-electron chi connectivity index (χ2n) is 5.36.